The Hall–Kier alpha value is -9.18. The van der Waals surface area contributed by atoms with Crippen LogP contribution in [0, 0.1) is 29.6 Å². The Morgan fingerprint density at radius 2 is 0.764 bits per heavy atom. The molecule has 5 aliphatic carbocycles. The van der Waals surface area contributed by atoms with Crippen molar-refractivity contribution in [3.63, 3.8) is 0 Å². The number of rotatable bonds is 24. The van der Waals surface area contributed by atoms with E-state index in [0.29, 0.717) is 95.5 Å². The first-order valence-corrected chi connectivity index (χ1v) is 54.5. The molecule has 0 spiro atoms. The summed E-state index contributed by atoms with van der Waals surface area (Å²) in [6.45, 7) is 57.2. The molecule has 144 heavy (non-hydrogen) atoms. The van der Waals surface area contributed by atoms with E-state index in [0.717, 1.165) is 223 Å². The molecule has 0 amide bonds. The average molecular weight is 1980 g/mol. The summed E-state index contributed by atoms with van der Waals surface area (Å²) in [5.41, 5.74) is 13.8. The van der Waals surface area contributed by atoms with Crippen LogP contribution in [0.25, 0.3) is 22.3 Å². The molecule has 19 nitrogen and oxygen atoms in total. The van der Waals surface area contributed by atoms with Crippen LogP contribution in [0.3, 0.4) is 0 Å². The summed E-state index contributed by atoms with van der Waals surface area (Å²) in [7, 11) is 1.75. The smallest absolute Gasteiger partial charge is 0.135 e. The quantitative estimate of drug-likeness (QED) is 0.0198. The van der Waals surface area contributed by atoms with Crippen molar-refractivity contribution in [3.05, 3.63) is 199 Å². The molecule has 3 fully saturated rings. The van der Waals surface area contributed by atoms with Gasteiger partial charge < -0.3 is 94.4 Å². The number of aromatic hydroxyl groups is 5. The monoisotopic (exact) mass is 1980 g/mol. The fourth-order valence-electron chi connectivity index (χ4n) is 25.1. The Balaban J connectivity index is 0.000000145. The zero-order valence-electron chi connectivity index (χ0n) is 91.8. The number of aliphatic hydroxyl groups excluding tert-OH is 2. The van der Waals surface area contributed by atoms with Gasteiger partial charge in [-0.25, -0.2) is 0 Å². The van der Waals surface area contributed by atoms with Gasteiger partial charge in [0.25, 0.3) is 0 Å². The number of phenolic OH excluding ortho intramolecular Hbond substituents is 5. The number of hydrogen-bond acceptors (Lipinski definition) is 19. The fourth-order valence-corrected chi connectivity index (χ4v) is 25.1. The predicted octanol–water partition coefficient (Wildman–Crippen LogP) is 27.4. The summed E-state index contributed by atoms with van der Waals surface area (Å²) in [6, 6.07) is 30.3. The SMILES string of the molecule is C=C(C)[C@]1(C)CC[C@](C)(O)[C@H]2Oc3cc(CCC)cc(O)c3[C@H]21.C=C(C)[C@]1(C)CC[C@](C)(O)[C@H]2Oc3cc(CCCCC)cc(O)c3[C@H]21.CCCCCc1cc(O)c2c(c1)OC(C)(C)C1=C2[C@@H](O)[C@](C)(O)CC1.CCCCCc1cc(O)c2c(c1)OC(C)(C)C1=C2[C@H](O)[C@@](C)(O)CC1.CCCCCc1cc(OC)c2c(c1)OC(C)(C)c1ccc(C)cc1-2.CCCc1cc(O)c2c(c1)OC1C(C)CCC(C(C)(C)O)C21. The number of fused-ring (bicyclic) bond motifs is 16. The molecule has 4 unspecified atom stereocenters. The number of allylic oxidation sites excluding steroid dienone is 2. The third kappa shape index (κ3) is 22.8. The van der Waals surface area contributed by atoms with Gasteiger partial charge in [-0.2, -0.15) is 0 Å². The van der Waals surface area contributed by atoms with E-state index < -0.39 is 51.4 Å². The number of aryl methyl sites for hydroxylation is 7. The lowest BCUT2D eigenvalue weighted by atomic mass is 9.57. The van der Waals surface area contributed by atoms with E-state index >= 15 is 0 Å². The van der Waals surface area contributed by atoms with Gasteiger partial charge in [0.15, 0.2) is 0 Å². The molecule has 0 radical (unpaired) electrons. The second-order valence-corrected chi connectivity index (χ2v) is 47.8. The minimum atomic E-state index is -1.20. The van der Waals surface area contributed by atoms with Crippen LogP contribution in [0.5, 0.6) is 69.0 Å². The van der Waals surface area contributed by atoms with Crippen LogP contribution in [0.2, 0.25) is 0 Å². The highest BCUT2D eigenvalue weighted by molar-refractivity contribution is 5.86. The first-order chi connectivity index (χ1) is 67.5. The van der Waals surface area contributed by atoms with Crippen molar-refractivity contribution >= 4 is 11.1 Å². The van der Waals surface area contributed by atoms with E-state index in [4.69, 9.17) is 33.2 Å². The van der Waals surface area contributed by atoms with Crippen LogP contribution < -0.4 is 33.2 Å². The van der Waals surface area contributed by atoms with Gasteiger partial charge in [-0.15, -0.1) is 0 Å². The minimum Gasteiger partial charge on any atom is -0.508 e. The predicted molar refractivity (Wildman–Crippen MR) is 578 cm³/mol. The van der Waals surface area contributed by atoms with Crippen molar-refractivity contribution in [2.45, 2.75) is 452 Å². The standard InChI is InChI=1S/C22H32O3.C22H28O2.2C21H30O4.C20H28O3.C19H28O3/c1-6-7-8-9-15-12-16(23)18-17(13-15)25-20-19(18)21(4,14(2)3)10-11-22(20,5)24;1-6-7-8-9-16-13-19(23-5)21-17-12-15(2)10-11-18(17)22(3,4)24-20(21)14-16;2*1-5-6-7-8-13-11-15(22)18-16(12-13)25-20(2,3)14-9-10-21(4,24)19(23)17(14)18;1-6-7-13-10-14(21)16-15(11-13)23-18-17(16)19(4,12(2)3)8-9-20(18,5)22;1-5-6-12-9-14(20)17-15(10-12)22-18-11(2)7-8-13(16(17)18)19(3,4)21/h12-13,19-20,23-24H,2,6-11H2,1,3-5H3;10-14H,6-9H2,1-5H3;2*11-12,19,22-24H,5-10H2,1-4H3;10-11,17-18,21-22H,2,6-9H2,1,3-5H3;9-11,13,16,18,20-21H,5-8H2,1-4H3/t19-,20+,21+,22+;;2*19-,21-;17-,18+,19+,20+;/m1.101./s1. The maximum absolute atomic E-state index is 10.9. The molecule has 6 aliphatic heterocycles. The first-order valence-electron chi connectivity index (χ1n) is 54.5. The molecule has 0 aromatic heterocycles. The van der Waals surface area contributed by atoms with Crippen molar-refractivity contribution in [2.24, 2.45) is 22.7 Å². The topological polar surface area (TPSA) is 307 Å². The minimum absolute atomic E-state index is 0.0607. The highest BCUT2D eigenvalue weighted by atomic mass is 16.5. The Bertz CT molecular complexity index is 5720. The van der Waals surface area contributed by atoms with E-state index in [1.165, 1.54) is 54.4 Å². The summed E-state index contributed by atoms with van der Waals surface area (Å²) in [4.78, 5) is 0. The maximum Gasteiger partial charge on any atom is 0.135 e. The molecular formula is C125H176O19. The van der Waals surface area contributed by atoms with Gasteiger partial charge in [-0.05, 0) is 378 Å². The normalized spacial score (nSPS) is 28.1. The molecule has 3 saturated carbocycles. The molecule has 19 heteroatoms. The van der Waals surface area contributed by atoms with Crippen LogP contribution in [-0.2, 0) is 44.1 Å². The maximum atomic E-state index is 10.9. The van der Waals surface area contributed by atoms with Crippen molar-refractivity contribution in [1.29, 1.82) is 0 Å². The van der Waals surface area contributed by atoms with Gasteiger partial charge in [0.1, 0.15) is 116 Å². The Morgan fingerprint density at radius 1 is 0.410 bits per heavy atom. The number of hydrogen-bond donors (Lipinski definition) is 12. The number of benzene rings is 7. The van der Waals surface area contributed by atoms with E-state index in [-0.39, 0.29) is 69.9 Å². The molecule has 6 heterocycles. The third-order valence-electron chi connectivity index (χ3n) is 34.2. The van der Waals surface area contributed by atoms with Crippen molar-refractivity contribution in [3.8, 4) is 80.1 Å². The molecule has 18 rings (SSSR count). The fraction of sp³-hybridized carbons (Fsp3) is 0.600. The van der Waals surface area contributed by atoms with Crippen LogP contribution >= 0.6 is 0 Å². The zero-order valence-corrected chi connectivity index (χ0v) is 91.8. The average Bonchev–Trinajstić information content (AvgIpc) is 1.68. The highest BCUT2D eigenvalue weighted by Gasteiger charge is 2.61. The Labute approximate surface area is 861 Å². The second-order valence-electron chi connectivity index (χ2n) is 47.8. The van der Waals surface area contributed by atoms with E-state index in [1.807, 2.05) is 106 Å². The van der Waals surface area contributed by atoms with Gasteiger partial charge in [0, 0.05) is 51.2 Å². The van der Waals surface area contributed by atoms with Crippen LogP contribution in [-0.4, -0.2) is 138 Å². The molecular weight excluding hydrogens is 1810 g/mol. The van der Waals surface area contributed by atoms with Gasteiger partial charge in [-0.3, -0.25) is 0 Å². The summed E-state index contributed by atoms with van der Waals surface area (Å²) in [6.07, 6.45) is 26.3. The largest absolute Gasteiger partial charge is 0.508 e. The van der Waals surface area contributed by atoms with Crippen LogP contribution in [0.1, 0.15) is 403 Å². The highest BCUT2D eigenvalue weighted by Crippen LogP contribution is 2.66. The Morgan fingerprint density at radius 3 is 1.14 bits per heavy atom. The summed E-state index contributed by atoms with van der Waals surface area (Å²) in [5, 5.41) is 129. The van der Waals surface area contributed by atoms with Crippen LogP contribution in [0.15, 0.2) is 126 Å². The second kappa shape index (κ2) is 43.9. The number of aliphatic hydroxyl groups is 7. The van der Waals surface area contributed by atoms with Crippen molar-refractivity contribution in [2.75, 3.05) is 7.11 Å². The molecule has 0 saturated heterocycles. The first kappa shape index (κ1) is 112. The lowest BCUT2D eigenvalue weighted by Crippen LogP contribution is -2.53. The van der Waals surface area contributed by atoms with Crippen molar-refractivity contribution in [1.82, 2.24) is 0 Å². The molecule has 12 N–H and O–H groups in total. The van der Waals surface area contributed by atoms with E-state index in [2.05, 4.69) is 139 Å². The molecule has 16 atom stereocenters. The van der Waals surface area contributed by atoms with E-state index in [1.54, 1.807) is 33.1 Å². The number of unbranched alkanes of at least 4 members (excludes halogenated alkanes) is 8. The molecule has 790 valence electrons. The third-order valence-corrected chi connectivity index (χ3v) is 34.2. The van der Waals surface area contributed by atoms with Crippen LogP contribution in [0.4, 0.5) is 0 Å². The van der Waals surface area contributed by atoms with Gasteiger partial charge >= 0.3 is 0 Å². The molecule has 11 aliphatic rings. The summed E-state index contributed by atoms with van der Waals surface area (Å²) < 4.78 is 43.3. The summed E-state index contributed by atoms with van der Waals surface area (Å²) >= 11 is 0. The Kier molecular flexibility index (Phi) is 34.2. The lowest BCUT2D eigenvalue weighted by Gasteiger charge is -2.49. The number of ether oxygens (including phenoxy) is 7. The zero-order chi connectivity index (χ0) is 106. The number of phenols is 5. The lowest BCUT2D eigenvalue weighted by molar-refractivity contribution is -0.0991. The van der Waals surface area contributed by atoms with Gasteiger partial charge in [-0.1, -0.05) is 175 Å². The molecule has 7 aromatic rings. The summed E-state index contributed by atoms with van der Waals surface area (Å²) in [5.74, 6) is 7.13. The van der Waals surface area contributed by atoms with Gasteiger partial charge in [0.2, 0.25) is 0 Å². The molecule has 0 bridgehead atoms. The van der Waals surface area contributed by atoms with Gasteiger partial charge in [0.05, 0.1) is 51.8 Å². The molecule has 7 aromatic carbocycles. The van der Waals surface area contributed by atoms with Crippen molar-refractivity contribution < 1.29 is 94.4 Å². The number of methoxy groups -OCH3 is 1. The van der Waals surface area contributed by atoms with E-state index in [9.17, 15) is 61.3 Å².